The average Bonchev–Trinajstić information content (AvgIpc) is 2.87. The van der Waals surface area contributed by atoms with Gasteiger partial charge in [-0.25, -0.2) is 13.5 Å². The van der Waals surface area contributed by atoms with Crippen LogP contribution in [0.15, 0.2) is 36.4 Å². The fourth-order valence-electron chi connectivity index (χ4n) is 2.77. The van der Waals surface area contributed by atoms with Crippen LogP contribution in [-0.2, 0) is 13.1 Å². The summed E-state index contributed by atoms with van der Waals surface area (Å²) in [6, 6.07) is 9.07. The van der Waals surface area contributed by atoms with E-state index in [0.29, 0.717) is 41.3 Å². The standard InChI is InChI=1S/C16H12F2N4O/c17-11-5-9-7-19-8-14-16(10-3-1-2-4-15(10)23)20-21-22(14)13(9)6-12(11)18/h1-6,19,23H,7-8H2. The molecule has 7 heteroatoms. The first kappa shape index (κ1) is 13.8. The van der Waals surface area contributed by atoms with Gasteiger partial charge < -0.3 is 10.4 Å². The molecular formula is C16H12F2N4O. The van der Waals surface area contributed by atoms with Crippen LogP contribution >= 0.6 is 0 Å². The van der Waals surface area contributed by atoms with E-state index in [1.165, 1.54) is 4.68 Å². The lowest BCUT2D eigenvalue weighted by Crippen LogP contribution is -2.11. The van der Waals surface area contributed by atoms with Crippen LogP contribution in [0, 0.1) is 11.6 Å². The number of hydrogen-bond donors (Lipinski definition) is 2. The van der Waals surface area contributed by atoms with E-state index in [1.54, 1.807) is 24.3 Å². The van der Waals surface area contributed by atoms with Crippen LogP contribution in [0.1, 0.15) is 11.3 Å². The van der Waals surface area contributed by atoms with Crippen LogP contribution < -0.4 is 5.32 Å². The topological polar surface area (TPSA) is 63.0 Å². The zero-order valence-corrected chi connectivity index (χ0v) is 11.9. The number of aromatic nitrogens is 3. The van der Waals surface area contributed by atoms with Crippen molar-refractivity contribution in [2.45, 2.75) is 13.1 Å². The maximum Gasteiger partial charge on any atom is 0.160 e. The van der Waals surface area contributed by atoms with E-state index < -0.39 is 11.6 Å². The summed E-state index contributed by atoms with van der Waals surface area (Å²) in [7, 11) is 0. The van der Waals surface area contributed by atoms with Crippen molar-refractivity contribution in [1.29, 1.82) is 0 Å². The smallest absolute Gasteiger partial charge is 0.160 e. The number of hydrogen-bond acceptors (Lipinski definition) is 4. The lowest BCUT2D eigenvalue weighted by molar-refractivity contribution is 0.477. The summed E-state index contributed by atoms with van der Waals surface area (Å²) in [4.78, 5) is 0. The van der Waals surface area contributed by atoms with Gasteiger partial charge in [-0.2, -0.15) is 0 Å². The van der Waals surface area contributed by atoms with Gasteiger partial charge >= 0.3 is 0 Å². The molecule has 0 radical (unpaired) electrons. The number of phenols is 1. The number of nitrogens with one attached hydrogen (secondary N) is 1. The lowest BCUT2D eigenvalue weighted by Gasteiger charge is -2.08. The van der Waals surface area contributed by atoms with E-state index in [2.05, 4.69) is 15.6 Å². The van der Waals surface area contributed by atoms with Crippen LogP contribution in [-0.4, -0.2) is 20.1 Å². The summed E-state index contributed by atoms with van der Waals surface area (Å²) >= 11 is 0. The molecule has 0 bridgehead atoms. The molecule has 2 heterocycles. The highest BCUT2D eigenvalue weighted by molar-refractivity contribution is 5.69. The average molecular weight is 314 g/mol. The number of fused-ring (bicyclic) bond motifs is 3. The Labute approximate surface area is 130 Å². The predicted molar refractivity (Wildman–Crippen MR) is 78.9 cm³/mol. The molecule has 0 spiro atoms. The Hall–Kier alpha value is -2.80. The summed E-state index contributed by atoms with van der Waals surface area (Å²) in [5.74, 6) is -1.74. The molecule has 1 aromatic heterocycles. The first-order valence-electron chi connectivity index (χ1n) is 7.07. The number of rotatable bonds is 1. The van der Waals surface area contributed by atoms with Gasteiger partial charge in [0.15, 0.2) is 11.6 Å². The fourth-order valence-corrected chi connectivity index (χ4v) is 2.77. The molecule has 0 saturated heterocycles. The van der Waals surface area contributed by atoms with Crippen molar-refractivity contribution >= 4 is 0 Å². The largest absolute Gasteiger partial charge is 0.507 e. The Kier molecular flexibility index (Phi) is 3.09. The van der Waals surface area contributed by atoms with Crippen molar-refractivity contribution in [2.24, 2.45) is 0 Å². The van der Waals surface area contributed by atoms with Gasteiger partial charge in [-0.1, -0.05) is 17.3 Å². The number of benzene rings is 2. The van der Waals surface area contributed by atoms with Crippen molar-refractivity contribution in [3.8, 4) is 22.7 Å². The fraction of sp³-hybridized carbons (Fsp3) is 0.125. The zero-order chi connectivity index (χ0) is 16.0. The SMILES string of the molecule is Oc1ccccc1-c1nnn2c1CNCc1cc(F)c(F)cc1-2. The van der Waals surface area contributed by atoms with Crippen LogP contribution in [0.5, 0.6) is 5.75 Å². The lowest BCUT2D eigenvalue weighted by atomic mass is 10.1. The van der Waals surface area contributed by atoms with Gasteiger partial charge in [0.25, 0.3) is 0 Å². The van der Waals surface area contributed by atoms with E-state index in [1.807, 2.05) is 0 Å². The summed E-state index contributed by atoms with van der Waals surface area (Å²) in [5.41, 5.74) is 2.76. The second-order valence-corrected chi connectivity index (χ2v) is 5.31. The van der Waals surface area contributed by atoms with E-state index in [-0.39, 0.29) is 5.75 Å². The molecule has 1 aliphatic rings. The molecule has 5 nitrogen and oxygen atoms in total. The van der Waals surface area contributed by atoms with E-state index >= 15 is 0 Å². The minimum atomic E-state index is -0.934. The first-order chi connectivity index (χ1) is 11.1. The molecule has 0 unspecified atom stereocenters. The van der Waals surface area contributed by atoms with Gasteiger partial charge in [-0.05, 0) is 23.8 Å². The molecule has 0 fully saturated rings. The van der Waals surface area contributed by atoms with Crippen LogP contribution in [0.25, 0.3) is 16.9 Å². The molecule has 0 amide bonds. The van der Waals surface area contributed by atoms with Crippen molar-refractivity contribution in [3.63, 3.8) is 0 Å². The first-order valence-corrected chi connectivity index (χ1v) is 7.07. The highest BCUT2D eigenvalue weighted by Gasteiger charge is 2.23. The Balaban J connectivity index is 1.93. The Morgan fingerprint density at radius 1 is 1.09 bits per heavy atom. The molecule has 0 aliphatic carbocycles. The molecule has 2 N–H and O–H groups in total. The normalized spacial score (nSPS) is 13.3. The van der Waals surface area contributed by atoms with Gasteiger partial charge in [0.1, 0.15) is 11.4 Å². The van der Waals surface area contributed by atoms with Crippen molar-refractivity contribution in [3.05, 3.63) is 59.3 Å². The highest BCUT2D eigenvalue weighted by atomic mass is 19.2. The molecule has 4 rings (SSSR count). The molecule has 116 valence electrons. The third-order valence-electron chi connectivity index (χ3n) is 3.88. The predicted octanol–water partition coefficient (Wildman–Crippen LogP) is 2.52. The molecule has 0 atom stereocenters. The number of nitrogens with zero attached hydrogens (tertiary/aromatic N) is 3. The molecular weight excluding hydrogens is 302 g/mol. The van der Waals surface area contributed by atoms with Gasteiger partial charge in [0, 0.05) is 24.7 Å². The van der Waals surface area contributed by atoms with Gasteiger partial charge in [-0.3, -0.25) is 0 Å². The van der Waals surface area contributed by atoms with E-state index in [9.17, 15) is 13.9 Å². The van der Waals surface area contributed by atoms with Crippen LogP contribution in [0.4, 0.5) is 8.78 Å². The molecule has 3 aromatic rings. The number of phenolic OH excluding ortho intramolecular Hbond substituents is 1. The molecule has 2 aromatic carbocycles. The van der Waals surface area contributed by atoms with Crippen LogP contribution in [0.3, 0.4) is 0 Å². The monoisotopic (exact) mass is 314 g/mol. The maximum atomic E-state index is 13.6. The van der Waals surface area contributed by atoms with Crippen molar-refractivity contribution in [1.82, 2.24) is 20.3 Å². The van der Waals surface area contributed by atoms with E-state index in [4.69, 9.17) is 0 Å². The third-order valence-corrected chi connectivity index (χ3v) is 3.88. The Bertz CT molecular complexity index is 907. The minimum Gasteiger partial charge on any atom is -0.507 e. The number of halogens is 2. The summed E-state index contributed by atoms with van der Waals surface area (Å²) < 4.78 is 28.6. The number of para-hydroxylation sites is 1. The Morgan fingerprint density at radius 3 is 2.70 bits per heavy atom. The molecule has 1 aliphatic heterocycles. The minimum absolute atomic E-state index is 0.0885. The second kappa shape index (κ2) is 5.13. The zero-order valence-electron chi connectivity index (χ0n) is 11.9. The highest BCUT2D eigenvalue weighted by Crippen LogP contribution is 2.32. The van der Waals surface area contributed by atoms with Gasteiger partial charge in [0.05, 0.1) is 11.4 Å². The van der Waals surface area contributed by atoms with Crippen molar-refractivity contribution in [2.75, 3.05) is 0 Å². The molecule has 0 saturated carbocycles. The van der Waals surface area contributed by atoms with Crippen molar-refractivity contribution < 1.29 is 13.9 Å². The van der Waals surface area contributed by atoms with Gasteiger partial charge in [-0.15, -0.1) is 5.10 Å². The van der Waals surface area contributed by atoms with Gasteiger partial charge in [0.2, 0.25) is 0 Å². The second-order valence-electron chi connectivity index (χ2n) is 5.31. The van der Waals surface area contributed by atoms with Crippen LogP contribution in [0.2, 0.25) is 0 Å². The quantitative estimate of drug-likeness (QED) is 0.724. The number of aromatic hydroxyl groups is 1. The summed E-state index contributed by atoms with van der Waals surface area (Å²) in [6.07, 6.45) is 0. The van der Waals surface area contributed by atoms with E-state index in [0.717, 1.165) is 12.1 Å². The summed E-state index contributed by atoms with van der Waals surface area (Å²) in [6.45, 7) is 0.796. The molecule has 23 heavy (non-hydrogen) atoms. The Morgan fingerprint density at radius 2 is 1.87 bits per heavy atom. The third kappa shape index (κ3) is 2.17. The maximum absolute atomic E-state index is 13.6. The summed E-state index contributed by atoms with van der Waals surface area (Å²) in [5, 5.41) is 21.4.